The summed E-state index contributed by atoms with van der Waals surface area (Å²) < 4.78 is 0. The molecule has 3 nitrogen and oxygen atoms in total. The molecule has 0 radical (unpaired) electrons. The van der Waals surface area contributed by atoms with E-state index in [4.69, 9.17) is 17.3 Å². The number of halogens is 1. The topological polar surface area (TPSA) is 46.3 Å². The molecule has 0 bridgehead atoms. The van der Waals surface area contributed by atoms with E-state index in [9.17, 15) is 4.79 Å². The van der Waals surface area contributed by atoms with Gasteiger partial charge in [-0.2, -0.15) is 0 Å². The second kappa shape index (κ2) is 4.74. The van der Waals surface area contributed by atoms with E-state index in [1.54, 1.807) is 17.0 Å². The van der Waals surface area contributed by atoms with E-state index in [0.29, 0.717) is 5.02 Å². The maximum absolute atomic E-state index is 11.5. The highest BCUT2D eigenvalue weighted by Crippen LogP contribution is 2.28. The molecule has 2 amide bonds. The zero-order valence-corrected chi connectivity index (χ0v) is 9.78. The van der Waals surface area contributed by atoms with Crippen molar-refractivity contribution >= 4 is 23.3 Å². The lowest BCUT2D eigenvalue weighted by molar-refractivity contribution is 0.251. The molecular formula is C12H15ClN2O. The molecule has 1 aromatic rings. The Morgan fingerprint density at radius 2 is 1.81 bits per heavy atom. The van der Waals surface area contributed by atoms with Crippen molar-refractivity contribution in [3.05, 3.63) is 29.3 Å². The third kappa shape index (κ3) is 2.30. The molecule has 0 unspecified atom stereocenters. The number of primary amides is 1. The average molecular weight is 239 g/mol. The van der Waals surface area contributed by atoms with E-state index in [1.807, 2.05) is 12.1 Å². The summed E-state index contributed by atoms with van der Waals surface area (Å²) in [6, 6.07) is 7.10. The van der Waals surface area contributed by atoms with Crippen LogP contribution in [0.5, 0.6) is 0 Å². The summed E-state index contributed by atoms with van der Waals surface area (Å²) in [5.74, 6) is 0. The minimum absolute atomic E-state index is 0.249. The molecule has 0 heterocycles. The largest absolute Gasteiger partial charge is 0.351 e. The number of amides is 2. The Hall–Kier alpha value is -1.22. The highest BCUT2D eigenvalue weighted by Gasteiger charge is 2.26. The van der Waals surface area contributed by atoms with Crippen molar-refractivity contribution in [3.8, 4) is 0 Å². The molecule has 0 spiro atoms. The number of benzene rings is 1. The summed E-state index contributed by atoms with van der Waals surface area (Å²) in [5, 5.41) is 0.666. The first-order chi connectivity index (χ1) is 7.68. The fourth-order valence-electron chi connectivity index (χ4n) is 2.28. The van der Waals surface area contributed by atoms with Gasteiger partial charge in [0.2, 0.25) is 0 Å². The molecule has 1 aliphatic carbocycles. The van der Waals surface area contributed by atoms with Crippen molar-refractivity contribution in [3.63, 3.8) is 0 Å². The van der Waals surface area contributed by atoms with Crippen molar-refractivity contribution < 1.29 is 4.79 Å². The van der Waals surface area contributed by atoms with Crippen molar-refractivity contribution in [2.24, 2.45) is 5.73 Å². The molecule has 1 fully saturated rings. The predicted molar refractivity (Wildman–Crippen MR) is 65.8 cm³/mol. The summed E-state index contributed by atoms with van der Waals surface area (Å²) in [7, 11) is 0. The molecule has 1 aliphatic rings. The van der Waals surface area contributed by atoms with Gasteiger partial charge in [-0.05, 0) is 37.1 Å². The van der Waals surface area contributed by atoms with Crippen molar-refractivity contribution in [1.82, 2.24) is 0 Å². The Kier molecular flexibility index (Phi) is 3.34. The highest BCUT2D eigenvalue weighted by atomic mass is 35.5. The summed E-state index contributed by atoms with van der Waals surface area (Å²) in [6.07, 6.45) is 4.40. The molecule has 0 atom stereocenters. The monoisotopic (exact) mass is 238 g/mol. The van der Waals surface area contributed by atoms with E-state index < -0.39 is 0 Å². The Balaban J connectivity index is 2.24. The van der Waals surface area contributed by atoms with Crippen LogP contribution in [0.3, 0.4) is 0 Å². The molecule has 2 N–H and O–H groups in total. The Morgan fingerprint density at radius 1 is 1.25 bits per heavy atom. The highest BCUT2D eigenvalue weighted by molar-refractivity contribution is 6.30. The van der Waals surface area contributed by atoms with Crippen LogP contribution in [0, 0.1) is 0 Å². The number of carbonyl (C=O) groups excluding carboxylic acids is 1. The van der Waals surface area contributed by atoms with Gasteiger partial charge in [0.15, 0.2) is 0 Å². The van der Waals surface area contributed by atoms with Crippen LogP contribution < -0.4 is 10.6 Å². The fourth-order valence-corrected chi connectivity index (χ4v) is 2.41. The second-order valence-electron chi connectivity index (χ2n) is 4.12. The average Bonchev–Trinajstić information content (AvgIpc) is 2.74. The fraction of sp³-hybridized carbons (Fsp3) is 0.417. The Bertz CT molecular complexity index is 371. The molecule has 0 saturated heterocycles. The minimum Gasteiger partial charge on any atom is -0.351 e. The summed E-state index contributed by atoms with van der Waals surface area (Å²) in [4.78, 5) is 13.2. The zero-order chi connectivity index (χ0) is 11.5. The van der Waals surface area contributed by atoms with Crippen molar-refractivity contribution in [2.45, 2.75) is 31.7 Å². The van der Waals surface area contributed by atoms with Gasteiger partial charge < -0.3 is 5.73 Å². The Labute approximate surface area is 100 Å². The van der Waals surface area contributed by atoms with E-state index in [1.165, 1.54) is 12.8 Å². The maximum Gasteiger partial charge on any atom is 0.319 e. The van der Waals surface area contributed by atoms with Crippen LogP contribution in [0.25, 0.3) is 0 Å². The van der Waals surface area contributed by atoms with Gasteiger partial charge in [0.25, 0.3) is 0 Å². The number of hydrogen-bond donors (Lipinski definition) is 1. The van der Waals surface area contributed by atoms with Crippen molar-refractivity contribution in [1.29, 1.82) is 0 Å². The first-order valence-corrected chi connectivity index (χ1v) is 5.90. The van der Waals surface area contributed by atoms with Gasteiger partial charge in [-0.25, -0.2) is 4.79 Å². The lowest BCUT2D eigenvalue weighted by Crippen LogP contribution is -2.42. The normalized spacial score (nSPS) is 16.3. The van der Waals surface area contributed by atoms with Gasteiger partial charge in [0.1, 0.15) is 0 Å². The molecule has 1 aromatic carbocycles. The smallest absolute Gasteiger partial charge is 0.319 e. The minimum atomic E-state index is -0.380. The molecule has 86 valence electrons. The van der Waals surface area contributed by atoms with Crippen LogP contribution in [0.2, 0.25) is 5.02 Å². The zero-order valence-electron chi connectivity index (χ0n) is 9.03. The number of anilines is 1. The first-order valence-electron chi connectivity index (χ1n) is 5.53. The van der Waals surface area contributed by atoms with Crippen LogP contribution in [0.4, 0.5) is 10.5 Å². The van der Waals surface area contributed by atoms with E-state index in [0.717, 1.165) is 18.5 Å². The van der Waals surface area contributed by atoms with Crippen LogP contribution in [-0.4, -0.2) is 12.1 Å². The van der Waals surface area contributed by atoms with Crippen molar-refractivity contribution in [2.75, 3.05) is 4.90 Å². The Morgan fingerprint density at radius 3 is 2.31 bits per heavy atom. The molecule has 4 heteroatoms. The van der Waals surface area contributed by atoms with Crippen LogP contribution in [-0.2, 0) is 0 Å². The lowest BCUT2D eigenvalue weighted by atomic mass is 10.2. The van der Waals surface area contributed by atoms with Gasteiger partial charge in [-0.1, -0.05) is 24.4 Å². The van der Waals surface area contributed by atoms with Gasteiger partial charge in [0, 0.05) is 16.8 Å². The van der Waals surface area contributed by atoms with Crippen LogP contribution in [0.15, 0.2) is 24.3 Å². The van der Waals surface area contributed by atoms with Gasteiger partial charge in [0.05, 0.1) is 0 Å². The van der Waals surface area contributed by atoms with E-state index >= 15 is 0 Å². The maximum atomic E-state index is 11.5. The number of rotatable bonds is 2. The second-order valence-corrected chi connectivity index (χ2v) is 4.56. The predicted octanol–water partition coefficient (Wildman–Crippen LogP) is 3.17. The molecule has 0 aromatic heterocycles. The summed E-state index contributed by atoms with van der Waals surface area (Å²) >= 11 is 5.82. The standard InChI is InChI=1S/C12H15ClN2O/c13-9-5-7-11(8-6-9)15(12(14)16)10-3-1-2-4-10/h5-8,10H,1-4H2,(H2,14,16). The summed E-state index contributed by atoms with van der Waals surface area (Å²) in [5.41, 5.74) is 6.28. The SMILES string of the molecule is NC(=O)N(c1ccc(Cl)cc1)C1CCCC1. The van der Waals surface area contributed by atoms with Gasteiger partial charge in [-0.15, -0.1) is 0 Å². The molecule has 2 rings (SSSR count). The number of carbonyl (C=O) groups is 1. The molecular weight excluding hydrogens is 224 g/mol. The number of hydrogen-bond acceptors (Lipinski definition) is 1. The van der Waals surface area contributed by atoms with Gasteiger partial charge >= 0.3 is 6.03 Å². The number of urea groups is 1. The van der Waals surface area contributed by atoms with Crippen LogP contribution >= 0.6 is 11.6 Å². The summed E-state index contributed by atoms with van der Waals surface area (Å²) in [6.45, 7) is 0. The molecule has 16 heavy (non-hydrogen) atoms. The molecule has 0 aliphatic heterocycles. The lowest BCUT2D eigenvalue weighted by Gasteiger charge is -2.27. The van der Waals surface area contributed by atoms with E-state index in [-0.39, 0.29) is 12.1 Å². The first kappa shape index (κ1) is 11.3. The molecule has 1 saturated carbocycles. The number of nitrogens with zero attached hydrogens (tertiary/aromatic N) is 1. The van der Waals surface area contributed by atoms with Crippen LogP contribution in [0.1, 0.15) is 25.7 Å². The van der Waals surface area contributed by atoms with E-state index in [2.05, 4.69) is 0 Å². The third-order valence-corrected chi connectivity index (χ3v) is 3.28. The number of nitrogens with two attached hydrogens (primary N) is 1. The van der Waals surface area contributed by atoms with Gasteiger partial charge in [-0.3, -0.25) is 4.90 Å². The third-order valence-electron chi connectivity index (χ3n) is 3.03. The quantitative estimate of drug-likeness (QED) is 0.845.